The van der Waals surface area contributed by atoms with Gasteiger partial charge in [-0.05, 0) is 19.4 Å². The van der Waals surface area contributed by atoms with Crippen LogP contribution in [0.25, 0.3) is 0 Å². The van der Waals surface area contributed by atoms with Crippen molar-refractivity contribution in [3.63, 3.8) is 0 Å². The lowest BCUT2D eigenvalue weighted by atomic mass is 9.99. The molecule has 0 radical (unpaired) electrons. The highest BCUT2D eigenvalue weighted by molar-refractivity contribution is 5.67. The molecule has 1 aliphatic heterocycles. The summed E-state index contributed by atoms with van der Waals surface area (Å²) in [6.07, 6.45) is -2.37. The molecule has 0 aromatic heterocycles. The third-order valence-corrected chi connectivity index (χ3v) is 2.54. The fourth-order valence-corrected chi connectivity index (χ4v) is 1.93. The average Bonchev–Trinajstić information content (AvgIpc) is 2.05. The number of piperidine rings is 1. The predicted molar refractivity (Wildman–Crippen MR) is 47.5 cm³/mol. The maximum atomic E-state index is 12.2. The van der Waals surface area contributed by atoms with Gasteiger partial charge >= 0.3 is 12.1 Å². The zero-order chi connectivity index (χ0) is 11.5. The van der Waals surface area contributed by atoms with Crippen molar-refractivity contribution in [2.75, 3.05) is 13.1 Å². The number of aliphatic carboxylic acids is 1. The Morgan fingerprint density at radius 2 is 2.07 bits per heavy atom. The third-order valence-electron chi connectivity index (χ3n) is 2.54. The van der Waals surface area contributed by atoms with Crippen LogP contribution in [0.3, 0.4) is 0 Å². The Balaban J connectivity index is 2.53. The van der Waals surface area contributed by atoms with Crippen LogP contribution in [0.1, 0.15) is 25.7 Å². The van der Waals surface area contributed by atoms with Gasteiger partial charge in [0.1, 0.15) is 0 Å². The molecular weight excluding hydrogens is 211 g/mol. The summed E-state index contributed by atoms with van der Waals surface area (Å²) in [5.41, 5.74) is 0. The van der Waals surface area contributed by atoms with Gasteiger partial charge in [0, 0.05) is 6.04 Å². The van der Waals surface area contributed by atoms with Gasteiger partial charge in [-0.1, -0.05) is 6.42 Å². The monoisotopic (exact) mass is 225 g/mol. The lowest BCUT2D eigenvalue weighted by molar-refractivity contribution is -0.157. The zero-order valence-corrected chi connectivity index (χ0v) is 8.26. The van der Waals surface area contributed by atoms with E-state index in [9.17, 15) is 18.0 Å². The molecule has 0 saturated carbocycles. The summed E-state index contributed by atoms with van der Waals surface area (Å²) in [7, 11) is 0. The fourth-order valence-electron chi connectivity index (χ4n) is 1.93. The summed E-state index contributed by atoms with van der Waals surface area (Å²) >= 11 is 0. The van der Waals surface area contributed by atoms with Crippen LogP contribution in [0.2, 0.25) is 0 Å². The number of carboxylic acid groups (broad SMARTS) is 1. The molecule has 88 valence electrons. The molecule has 3 nitrogen and oxygen atoms in total. The molecule has 1 rings (SSSR count). The fraction of sp³-hybridized carbons (Fsp3) is 0.889. The highest BCUT2D eigenvalue weighted by Gasteiger charge is 2.35. The maximum Gasteiger partial charge on any atom is 0.401 e. The van der Waals surface area contributed by atoms with Crippen molar-refractivity contribution in [3.05, 3.63) is 0 Å². The van der Waals surface area contributed by atoms with Crippen LogP contribution >= 0.6 is 0 Å². The predicted octanol–water partition coefficient (Wildman–Crippen LogP) is 1.88. The summed E-state index contributed by atoms with van der Waals surface area (Å²) in [6.45, 7) is -0.650. The van der Waals surface area contributed by atoms with Crippen molar-refractivity contribution < 1.29 is 23.1 Å². The number of rotatable bonds is 3. The number of carboxylic acids is 1. The van der Waals surface area contributed by atoms with Gasteiger partial charge in [-0.15, -0.1) is 0 Å². The van der Waals surface area contributed by atoms with Gasteiger partial charge in [-0.3, -0.25) is 9.69 Å². The molecule has 0 bridgehead atoms. The molecule has 1 saturated heterocycles. The third kappa shape index (κ3) is 4.51. The van der Waals surface area contributed by atoms with E-state index < -0.39 is 24.7 Å². The minimum Gasteiger partial charge on any atom is -0.481 e. The van der Waals surface area contributed by atoms with Gasteiger partial charge in [-0.2, -0.15) is 13.2 Å². The highest BCUT2D eigenvalue weighted by Crippen LogP contribution is 2.24. The Labute approximate surface area is 85.9 Å². The minimum absolute atomic E-state index is 0.198. The van der Waals surface area contributed by atoms with Crippen LogP contribution < -0.4 is 0 Å². The van der Waals surface area contributed by atoms with Crippen molar-refractivity contribution in [1.82, 2.24) is 4.90 Å². The van der Waals surface area contributed by atoms with Crippen molar-refractivity contribution in [3.8, 4) is 0 Å². The van der Waals surface area contributed by atoms with Crippen molar-refractivity contribution in [1.29, 1.82) is 0 Å². The maximum absolute atomic E-state index is 12.2. The highest BCUT2D eigenvalue weighted by atomic mass is 19.4. The second-order valence-electron chi connectivity index (χ2n) is 3.83. The Kier molecular flexibility index (Phi) is 3.96. The number of carbonyl (C=O) groups is 1. The van der Waals surface area contributed by atoms with E-state index in [-0.39, 0.29) is 6.42 Å². The number of halogens is 3. The number of alkyl halides is 3. The topological polar surface area (TPSA) is 40.5 Å². The summed E-state index contributed by atoms with van der Waals surface area (Å²) in [5, 5.41) is 8.57. The van der Waals surface area contributed by atoms with Crippen LogP contribution in [-0.4, -0.2) is 41.3 Å². The van der Waals surface area contributed by atoms with Crippen molar-refractivity contribution >= 4 is 5.97 Å². The molecule has 1 heterocycles. The molecular formula is C9H14F3NO2. The number of hydrogen-bond donors (Lipinski definition) is 1. The Hall–Kier alpha value is -0.780. The first-order valence-corrected chi connectivity index (χ1v) is 4.91. The zero-order valence-electron chi connectivity index (χ0n) is 8.26. The molecule has 15 heavy (non-hydrogen) atoms. The summed E-state index contributed by atoms with van der Waals surface area (Å²) in [6, 6.07) is -0.460. The number of likely N-dealkylation sites (tertiary alicyclic amines) is 1. The summed E-state index contributed by atoms with van der Waals surface area (Å²) < 4.78 is 36.5. The first kappa shape index (κ1) is 12.3. The molecule has 0 aromatic rings. The Morgan fingerprint density at radius 3 is 2.60 bits per heavy atom. The van der Waals surface area contributed by atoms with E-state index in [4.69, 9.17) is 5.11 Å². The average molecular weight is 225 g/mol. The molecule has 0 amide bonds. The van der Waals surface area contributed by atoms with E-state index in [0.29, 0.717) is 19.4 Å². The van der Waals surface area contributed by atoms with Gasteiger partial charge in [0.05, 0.1) is 13.0 Å². The van der Waals surface area contributed by atoms with Crippen LogP contribution in [0.5, 0.6) is 0 Å². The van der Waals surface area contributed by atoms with Crippen molar-refractivity contribution in [2.45, 2.75) is 37.9 Å². The first-order valence-electron chi connectivity index (χ1n) is 4.91. The van der Waals surface area contributed by atoms with Crippen LogP contribution in [0, 0.1) is 0 Å². The molecule has 1 atom stereocenters. The van der Waals surface area contributed by atoms with E-state index in [2.05, 4.69) is 0 Å². The van der Waals surface area contributed by atoms with Gasteiger partial charge in [0.25, 0.3) is 0 Å². The van der Waals surface area contributed by atoms with E-state index in [1.165, 1.54) is 4.90 Å². The lowest BCUT2D eigenvalue weighted by Gasteiger charge is -2.35. The SMILES string of the molecule is O=C(O)CC1CCCCN1CC(F)(F)F. The quantitative estimate of drug-likeness (QED) is 0.797. The Bertz CT molecular complexity index is 230. The summed E-state index contributed by atoms with van der Waals surface area (Å²) in [5.74, 6) is -1.03. The lowest BCUT2D eigenvalue weighted by Crippen LogP contribution is -2.45. The first-order chi connectivity index (χ1) is 6.88. The van der Waals surface area contributed by atoms with Crippen LogP contribution in [-0.2, 0) is 4.79 Å². The molecule has 6 heteroatoms. The second-order valence-corrected chi connectivity index (χ2v) is 3.83. The van der Waals surface area contributed by atoms with E-state index in [0.717, 1.165) is 6.42 Å². The minimum atomic E-state index is -4.24. The summed E-state index contributed by atoms with van der Waals surface area (Å²) in [4.78, 5) is 11.7. The van der Waals surface area contributed by atoms with Gasteiger partial charge < -0.3 is 5.11 Å². The van der Waals surface area contributed by atoms with E-state index >= 15 is 0 Å². The number of nitrogens with zero attached hydrogens (tertiary/aromatic N) is 1. The van der Waals surface area contributed by atoms with E-state index in [1.807, 2.05) is 0 Å². The molecule has 0 aromatic carbocycles. The van der Waals surface area contributed by atoms with Gasteiger partial charge in [0.15, 0.2) is 0 Å². The molecule has 1 fully saturated rings. The Morgan fingerprint density at radius 1 is 1.40 bits per heavy atom. The second kappa shape index (κ2) is 4.83. The molecule has 0 aliphatic carbocycles. The molecule has 1 N–H and O–H groups in total. The van der Waals surface area contributed by atoms with Crippen LogP contribution in [0.15, 0.2) is 0 Å². The van der Waals surface area contributed by atoms with Crippen LogP contribution in [0.4, 0.5) is 13.2 Å². The van der Waals surface area contributed by atoms with Gasteiger partial charge in [0.2, 0.25) is 0 Å². The van der Waals surface area contributed by atoms with Crippen molar-refractivity contribution in [2.24, 2.45) is 0 Å². The molecule has 0 spiro atoms. The normalized spacial score (nSPS) is 24.1. The smallest absolute Gasteiger partial charge is 0.401 e. The van der Waals surface area contributed by atoms with Gasteiger partial charge in [-0.25, -0.2) is 0 Å². The molecule has 1 unspecified atom stereocenters. The largest absolute Gasteiger partial charge is 0.481 e. The molecule has 1 aliphatic rings. The van der Waals surface area contributed by atoms with E-state index in [1.54, 1.807) is 0 Å². The number of hydrogen-bond acceptors (Lipinski definition) is 2. The standard InChI is InChI=1S/C9H14F3NO2/c10-9(11,12)6-13-4-2-1-3-7(13)5-8(14)15/h7H,1-6H2,(H,14,15).